The number of nitrogens with one attached hydrogen (secondary N) is 1. The number of hydrogen-bond donors (Lipinski definition) is 1. The van der Waals surface area contributed by atoms with Crippen LogP contribution in [0.15, 0.2) is 6.33 Å². The summed E-state index contributed by atoms with van der Waals surface area (Å²) in [6.45, 7) is 0. The van der Waals surface area contributed by atoms with Gasteiger partial charge in [0.1, 0.15) is 6.33 Å². The summed E-state index contributed by atoms with van der Waals surface area (Å²) in [5.74, 6) is 1.11. The zero-order chi connectivity index (χ0) is 12.3. The summed E-state index contributed by atoms with van der Waals surface area (Å²) in [6, 6.07) is 0.250. The van der Waals surface area contributed by atoms with Gasteiger partial charge in [-0.25, -0.2) is 9.97 Å². The van der Waals surface area contributed by atoms with Crippen LogP contribution in [-0.4, -0.2) is 36.3 Å². The summed E-state index contributed by atoms with van der Waals surface area (Å²) in [4.78, 5) is 8.04. The Morgan fingerprint density at radius 3 is 2.88 bits per heavy atom. The Labute approximate surface area is 105 Å². The molecule has 1 heterocycles. The fraction of sp³-hybridized carbons (Fsp3) is 0.636. The van der Waals surface area contributed by atoms with Crippen molar-refractivity contribution in [2.75, 3.05) is 19.5 Å². The third kappa shape index (κ3) is 2.61. The minimum atomic E-state index is 0.216. The third-order valence-corrected chi connectivity index (χ3v) is 3.31. The van der Waals surface area contributed by atoms with E-state index in [-0.39, 0.29) is 12.1 Å². The molecule has 1 aliphatic rings. The van der Waals surface area contributed by atoms with Gasteiger partial charge in [0.05, 0.1) is 19.3 Å². The van der Waals surface area contributed by atoms with E-state index < -0.39 is 0 Å². The van der Waals surface area contributed by atoms with Gasteiger partial charge in [0.25, 0.3) is 0 Å². The van der Waals surface area contributed by atoms with E-state index in [1.54, 1.807) is 14.2 Å². The van der Waals surface area contributed by atoms with Gasteiger partial charge in [-0.3, -0.25) is 0 Å². The molecule has 0 saturated heterocycles. The van der Waals surface area contributed by atoms with Crippen LogP contribution in [-0.2, 0) is 4.74 Å². The highest BCUT2D eigenvalue weighted by molar-refractivity contribution is 6.31. The summed E-state index contributed by atoms with van der Waals surface area (Å²) in [6.07, 6.45) is 4.91. The van der Waals surface area contributed by atoms with Crippen molar-refractivity contribution in [1.82, 2.24) is 9.97 Å². The van der Waals surface area contributed by atoms with Crippen molar-refractivity contribution in [3.8, 4) is 5.75 Å². The highest BCUT2D eigenvalue weighted by Gasteiger charge is 2.28. The summed E-state index contributed by atoms with van der Waals surface area (Å²) >= 11 is 5.94. The lowest BCUT2D eigenvalue weighted by molar-refractivity contribution is 0.101. The molecule has 5 nitrogen and oxygen atoms in total. The van der Waals surface area contributed by atoms with Gasteiger partial charge >= 0.3 is 0 Å². The number of rotatable bonds is 4. The van der Waals surface area contributed by atoms with Gasteiger partial charge in [0, 0.05) is 7.11 Å². The molecule has 2 atom stereocenters. The average Bonchev–Trinajstić information content (AvgIpc) is 2.77. The van der Waals surface area contributed by atoms with E-state index in [4.69, 9.17) is 21.1 Å². The second-order valence-corrected chi connectivity index (χ2v) is 4.36. The molecule has 0 radical (unpaired) electrons. The molecule has 17 heavy (non-hydrogen) atoms. The molecule has 1 aromatic heterocycles. The van der Waals surface area contributed by atoms with Crippen LogP contribution in [0, 0.1) is 0 Å². The van der Waals surface area contributed by atoms with Gasteiger partial charge in [-0.1, -0.05) is 11.6 Å². The zero-order valence-electron chi connectivity index (χ0n) is 9.94. The molecule has 2 unspecified atom stereocenters. The number of nitrogens with zero attached hydrogens (tertiary/aromatic N) is 2. The van der Waals surface area contributed by atoms with Crippen molar-refractivity contribution >= 4 is 17.4 Å². The first-order valence-electron chi connectivity index (χ1n) is 5.60. The van der Waals surface area contributed by atoms with Crippen molar-refractivity contribution in [2.45, 2.75) is 31.4 Å². The van der Waals surface area contributed by atoms with E-state index >= 15 is 0 Å². The predicted molar refractivity (Wildman–Crippen MR) is 65.7 cm³/mol. The molecular formula is C11H16ClN3O2. The van der Waals surface area contributed by atoms with Gasteiger partial charge in [0.15, 0.2) is 16.7 Å². The Morgan fingerprint density at radius 1 is 1.35 bits per heavy atom. The second kappa shape index (κ2) is 5.51. The van der Waals surface area contributed by atoms with Crippen LogP contribution in [0.5, 0.6) is 5.75 Å². The maximum atomic E-state index is 5.94. The predicted octanol–water partition coefficient (Wildman–Crippen LogP) is 2.12. The molecule has 1 aliphatic carbocycles. The van der Waals surface area contributed by atoms with Crippen LogP contribution in [0.3, 0.4) is 0 Å². The summed E-state index contributed by atoms with van der Waals surface area (Å²) in [5.41, 5.74) is 0. The lowest BCUT2D eigenvalue weighted by Crippen LogP contribution is -2.30. The first kappa shape index (κ1) is 12.4. The molecule has 0 bridgehead atoms. The molecule has 0 amide bonds. The van der Waals surface area contributed by atoms with E-state index in [0.717, 1.165) is 19.3 Å². The Kier molecular flexibility index (Phi) is 4.02. The van der Waals surface area contributed by atoms with Crippen molar-refractivity contribution in [1.29, 1.82) is 0 Å². The standard InChI is InChI=1S/C11H16ClN3O2/c1-16-8-5-3-4-7(8)15-11-9(17-2)10(12)13-6-14-11/h6-8H,3-5H2,1-2H3,(H,13,14,15). The molecule has 1 fully saturated rings. The van der Waals surface area contributed by atoms with Crippen molar-refractivity contribution in [3.05, 3.63) is 11.5 Å². The maximum Gasteiger partial charge on any atom is 0.198 e. The molecule has 2 rings (SSSR count). The fourth-order valence-electron chi connectivity index (χ4n) is 2.18. The number of hydrogen-bond acceptors (Lipinski definition) is 5. The van der Waals surface area contributed by atoms with Crippen molar-refractivity contribution in [2.24, 2.45) is 0 Å². The topological polar surface area (TPSA) is 56.3 Å². The largest absolute Gasteiger partial charge is 0.490 e. The molecule has 1 saturated carbocycles. The molecule has 0 aliphatic heterocycles. The molecule has 94 valence electrons. The van der Waals surface area contributed by atoms with Gasteiger partial charge in [0.2, 0.25) is 0 Å². The highest BCUT2D eigenvalue weighted by atomic mass is 35.5. The number of anilines is 1. The minimum absolute atomic E-state index is 0.216. The van der Waals surface area contributed by atoms with Crippen LogP contribution >= 0.6 is 11.6 Å². The molecule has 0 aromatic carbocycles. The summed E-state index contributed by atoms with van der Waals surface area (Å²) < 4.78 is 10.6. The van der Waals surface area contributed by atoms with Crippen LogP contribution in [0.4, 0.5) is 5.82 Å². The first-order chi connectivity index (χ1) is 8.26. The van der Waals surface area contributed by atoms with E-state index in [1.165, 1.54) is 6.33 Å². The minimum Gasteiger partial charge on any atom is -0.490 e. The molecule has 1 aromatic rings. The van der Waals surface area contributed by atoms with Gasteiger partial charge in [-0.15, -0.1) is 0 Å². The van der Waals surface area contributed by atoms with Crippen LogP contribution in [0.1, 0.15) is 19.3 Å². The van der Waals surface area contributed by atoms with E-state index in [1.807, 2.05) is 0 Å². The molecule has 1 N–H and O–H groups in total. The van der Waals surface area contributed by atoms with Crippen molar-refractivity contribution in [3.63, 3.8) is 0 Å². The van der Waals surface area contributed by atoms with Crippen LogP contribution < -0.4 is 10.1 Å². The quantitative estimate of drug-likeness (QED) is 0.838. The van der Waals surface area contributed by atoms with Gasteiger partial charge < -0.3 is 14.8 Å². The Morgan fingerprint density at radius 2 is 2.18 bits per heavy atom. The highest BCUT2D eigenvalue weighted by Crippen LogP contribution is 2.32. The van der Waals surface area contributed by atoms with Gasteiger partial charge in [-0.2, -0.15) is 0 Å². The summed E-state index contributed by atoms with van der Waals surface area (Å²) in [7, 11) is 3.28. The molecular weight excluding hydrogens is 242 g/mol. The zero-order valence-corrected chi connectivity index (χ0v) is 10.7. The average molecular weight is 258 g/mol. The number of aromatic nitrogens is 2. The monoisotopic (exact) mass is 257 g/mol. The fourth-order valence-corrected chi connectivity index (χ4v) is 2.40. The lowest BCUT2D eigenvalue weighted by Gasteiger charge is -2.21. The third-order valence-electron chi connectivity index (χ3n) is 3.04. The smallest absolute Gasteiger partial charge is 0.198 e. The Balaban J connectivity index is 2.15. The van der Waals surface area contributed by atoms with E-state index in [2.05, 4.69) is 15.3 Å². The number of ether oxygens (including phenoxy) is 2. The van der Waals surface area contributed by atoms with Crippen LogP contribution in [0.2, 0.25) is 5.15 Å². The van der Waals surface area contributed by atoms with Crippen molar-refractivity contribution < 1.29 is 9.47 Å². The number of halogens is 1. The molecule has 0 spiro atoms. The Hall–Kier alpha value is -1.07. The first-order valence-corrected chi connectivity index (χ1v) is 5.98. The SMILES string of the molecule is COc1c(Cl)ncnc1NC1CCCC1OC. The molecule has 6 heteroatoms. The maximum absolute atomic E-state index is 5.94. The van der Waals surface area contributed by atoms with E-state index in [0.29, 0.717) is 16.7 Å². The van der Waals surface area contributed by atoms with Crippen LogP contribution in [0.25, 0.3) is 0 Å². The lowest BCUT2D eigenvalue weighted by atomic mass is 10.2. The number of methoxy groups -OCH3 is 2. The second-order valence-electron chi connectivity index (χ2n) is 4.00. The van der Waals surface area contributed by atoms with E-state index in [9.17, 15) is 0 Å². The normalized spacial score (nSPS) is 23.7. The van der Waals surface area contributed by atoms with Gasteiger partial charge in [-0.05, 0) is 19.3 Å². The summed E-state index contributed by atoms with van der Waals surface area (Å²) in [5, 5.41) is 3.63. The Bertz CT molecular complexity index is 389.